The lowest BCUT2D eigenvalue weighted by molar-refractivity contribution is -0.116. The smallest absolute Gasteiger partial charge is 0.337 e. The lowest BCUT2D eigenvalue weighted by atomic mass is 10.2. The van der Waals surface area contributed by atoms with E-state index in [-0.39, 0.29) is 30.6 Å². The Balaban J connectivity index is 2.02. The molecule has 3 amide bonds. The standard InChI is InChI=1S/C19H20ClN3O4/c1-13(24)23(17-12-14(18(25)27-2)8-9-16(17)20)11-10-21-19(26)22-15-6-4-3-5-7-15/h3-9,12H,10-11H2,1-2H3,(H2,21,22,26). The molecule has 7 nitrogen and oxygen atoms in total. The average Bonchev–Trinajstić information content (AvgIpc) is 2.66. The maximum atomic E-state index is 12.0. The fourth-order valence-corrected chi connectivity index (χ4v) is 2.61. The van der Waals surface area contributed by atoms with Crippen LogP contribution < -0.4 is 15.5 Å². The Bertz CT molecular complexity index is 827. The largest absolute Gasteiger partial charge is 0.465 e. The van der Waals surface area contributed by atoms with Gasteiger partial charge in [0.25, 0.3) is 0 Å². The molecular weight excluding hydrogens is 370 g/mol. The van der Waals surface area contributed by atoms with Crippen molar-refractivity contribution in [2.75, 3.05) is 30.4 Å². The van der Waals surface area contributed by atoms with Gasteiger partial charge in [-0.3, -0.25) is 4.79 Å². The number of rotatable bonds is 6. The van der Waals surface area contributed by atoms with Crippen LogP contribution in [0.2, 0.25) is 5.02 Å². The van der Waals surface area contributed by atoms with Crippen molar-refractivity contribution in [3.8, 4) is 0 Å². The number of amides is 3. The molecule has 2 rings (SSSR count). The molecule has 0 aromatic heterocycles. The number of methoxy groups -OCH3 is 1. The summed E-state index contributed by atoms with van der Waals surface area (Å²) in [5.41, 5.74) is 1.31. The fraction of sp³-hybridized carbons (Fsp3) is 0.211. The monoisotopic (exact) mass is 389 g/mol. The Labute approximate surface area is 162 Å². The van der Waals surface area contributed by atoms with Crippen LogP contribution in [0.3, 0.4) is 0 Å². The van der Waals surface area contributed by atoms with Gasteiger partial charge in [0, 0.05) is 25.7 Å². The Kier molecular flexibility index (Phi) is 7.19. The SMILES string of the molecule is COC(=O)c1ccc(Cl)c(N(CCNC(=O)Nc2ccccc2)C(C)=O)c1. The van der Waals surface area contributed by atoms with Gasteiger partial charge in [-0.05, 0) is 30.3 Å². The summed E-state index contributed by atoms with van der Waals surface area (Å²) in [5, 5.41) is 5.67. The van der Waals surface area contributed by atoms with Gasteiger partial charge in [0.15, 0.2) is 0 Å². The molecule has 0 radical (unpaired) electrons. The van der Waals surface area contributed by atoms with Gasteiger partial charge >= 0.3 is 12.0 Å². The number of carbonyl (C=O) groups is 3. The van der Waals surface area contributed by atoms with Crippen LogP contribution in [-0.4, -0.2) is 38.1 Å². The van der Waals surface area contributed by atoms with E-state index in [0.717, 1.165) is 0 Å². The summed E-state index contributed by atoms with van der Waals surface area (Å²) < 4.78 is 4.69. The van der Waals surface area contributed by atoms with Gasteiger partial charge in [-0.25, -0.2) is 9.59 Å². The second-order valence-corrected chi connectivity index (χ2v) is 5.98. The first-order chi connectivity index (χ1) is 12.9. The van der Waals surface area contributed by atoms with E-state index in [2.05, 4.69) is 15.4 Å². The van der Waals surface area contributed by atoms with E-state index in [0.29, 0.717) is 16.4 Å². The Hall–Kier alpha value is -3.06. The van der Waals surface area contributed by atoms with E-state index >= 15 is 0 Å². The third-order valence-corrected chi connectivity index (χ3v) is 4.01. The zero-order chi connectivity index (χ0) is 19.8. The van der Waals surface area contributed by atoms with E-state index in [9.17, 15) is 14.4 Å². The highest BCUT2D eigenvalue weighted by Crippen LogP contribution is 2.27. The third-order valence-electron chi connectivity index (χ3n) is 3.69. The van der Waals surface area contributed by atoms with Crippen LogP contribution in [0.1, 0.15) is 17.3 Å². The maximum Gasteiger partial charge on any atom is 0.337 e. The summed E-state index contributed by atoms with van der Waals surface area (Å²) in [6.45, 7) is 1.75. The number of hydrogen-bond donors (Lipinski definition) is 2. The number of nitrogens with one attached hydrogen (secondary N) is 2. The predicted molar refractivity (Wildman–Crippen MR) is 104 cm³/mol. The normalized spacial score (nSPS) is 10.0. The van der Waals surface area contributed by atoms with Crippen LogP contribution in [0.4, 0.5) is 16.2 Å². The summed E-state index contributed by atoms with van der Waals surface area (Å²) >= 11 is 6.19. The Morgan fingerprint density at radius 3 is 2.44 bits per heavy atom. The summed E-state index contributed by atoms with van der Waals surface area (Å²) in [7, 11) is 1.27. The van der Waals surface area contributed by atoms with Gasteiger partial charge in [0.1, 0.15) is 0 Å². The van der Waals surface area contributed by atoms with E-state index in [1.807, 2.05) is 18.2 Å². The third kappa shape index (κ3) is 5.72. The number of esters is 1. The number of urea groups is 1. The molecule has 0 aliphatic rings. The molecule has 8 heteroatoms. The fourth-order valence-electron chi connectivity index (χ4n) is 2.39. The van der Waals surface area contributed by atoms with Crippen molar-refractivity contribution in [2.24, 2.45) is 0 Å². The molecule has 0 heterocycles. The lowest BCUT2D eigenvalue weighted by Crippen LogP contribution is -2.39. The van der Waals surface area contributed by atoms with E-state index in [4.69, 9.17) is 11.6 Å². The summed E-state index contributed by atoms with van der Waals surface area (Å²) in [5.74, 6) is -0.805. The first kappa shape index (κ1) is 20.3. The minimum Gasteiger partial charge on any atom is -0.465 e. The number of halogens is 1. The maximum absolute atomic E-state index is 12.0. The van der Waals surface area contributed by atoms with Crippen LogP contribution in [0.15, 0.2) is 48.5 Å². The van der Waals surface area contributed by atoms with Crippen molar-refractivity contribution in [3.63, 3.8) is 0 Å². The van der Waals surface area contributed by atoms with Crippen molar-refractivity contribution < 1.29 is 19.1 Å². The van der Waals surface area contributed by atoms with Crippen molar-refractivity contribution in [1.82, 2.24) is 5.32 Å². The molecule has 2 N–H and O–H groups in total. The van der Waals surface area contributed by atoms with Crippen LogP contribution in [0.25, 0.3) is 0 Å². The van der Waals surface area contributed by atoms with Crippen molar-refractivity contribution in [2.45, 2.75) is 6.92 Å². The van der Waals surface area contributed by atoms with Crippen molar-refractivity contribution in [3.05, 3.63) is 59.1 Å². The van der Waals surface area contributed by atoms with Crippen molar-refractivity contribution in [1.29, 1.82) is 0 Å². The van der Waals surface area contributed by atoms with E-state index in [1.54, 1.807) is 12.1 Å². The highest BCUT2D eigenvalue weighted by atomic mass is 35.5. The molecule has 0 unspecified atom stereocenters. The topological polar surface area (TPSA) is 87.7 Å². The van der Waals surface area contributed by atoms with E-state index < -0.39 is 5.97 Å². The number of carbonyl (C=O) groups excluding carboxylic acids is 3. The summed E-state index contributed by atoms with van der Waals surface area (Å²) in [6, 6.07) is 13.1. The summed E-state index contributed by atoms with van der Waals surface area (Å²) in [4.78, 5) is 37.1. The lowest BCUT2D eigenvalue weighted by Gasteiger charge is -2.23. The van der Waals surface area contributed by atoms with Crippen LogP contribution in [0, 0.1) is 0 Å². The molecule has 0 bridgehead atoms. The molecule has 142 valence electrons. The first-order valence-corrected chi connectivity index (χ1v) is 8.56. The van der Waals surface area contributed by atoms with Gasteiger partial charge in [-0.15, -0.1) is 0 Å². The second kappa shape index (κ2) is 9.59. The van der Waals surface area contributed by atoms with E-state index in [1.165, 1.54) is 37.1 Å². The second-order valence-electron chi connectivity index (χ2n) is 5.58. The summed E-state index contributed by atoms with van der Waals surface area (Å²) in [6.07, 6.45) is 0. The highest BCUT2D eigenvalue weighted by Gasteiger charge is 2.17. The number of nitrogens with zero attached hydrogens (tertiary/aromatic N) is 1. The molecule has 0 aliphatic carbocycles. The molecule has 0 spiro atoms. The number of hydrogen-bond acceptors (Lipinski definition) is 4. The van der Waals surface area contributed by atoms with Gasteiger partial charge in [0.2, 0.25) is 5.91 Å². The van der Waals surface area contributed by atoms with Gasteiger partial charge in [0.05, 0.1) is 23.4 Å². The molecule has 0 aliphatic heterocycles. The molecule has 27 heavy (non-hydrogen) atoms. The molecule has 0 saturated heterocycles. The molecule has 2 aromatic rings. The van der Waals surface area contributed by atoms with Crippen LogP contribution in [-0.2, 0) is 9.53 Å². The van der Waals surface area contributed by atoms with Crippen LogP contribution in [0.5, 0.6) is 0 Å². The molecular formula is C19H20ClN3O4. The van der Waals surface area contributed by atoms with Gasteiger partial charge in [-0.1, -0.05) is 29.8 Å². The quantitative estimate of drug-likeness (QED) is 0.742. The number of anilines is 2. The molecule has 0 atom stereocenters. The number of benzene rings is 2. The highest BCUT2D eigenvalue weighted by molar-refractivity contribution is 6.34. The van der Waals surface area contributed by atoms with Gasteiger partial charge in [-0.2, -0.15) is 0 Å². The number of para-hydroxylation sites is 1. The van der Waals surface area contributed by atoms with Gasteiger partial charge < -0.3 is 20.3 Å². The minimum absolute atomic E-state index is 0.182. The Morgan fingerprint density at radius 1 is 1.11 bits per heavy atom. The minimum atomic E-state index is -0.531. The first-order valence-electron chi connectivity index (χ1n) is 8.18. The van der Waals surface area contributed by atoms with Crippen LogP contribution >= 0.6 is 11.6 Å². The zero-order valence-corrected chi connectivity index (χ0v) is 15.7. The molecule has 2 aromatic carbocycles. The molecule has 0 saturated carbocycles. The zero-order valence-electron chi connectivity index (χ0n) is 15.0. The predicted octanol–water partition coefficient (Wildman–Crippen LogP) is 3.30. The average molecular weight is 390 g/mol. The number of ether oxygens (including phenoxy) is 1. The molecule has 0 fully saturated rings. The Morgan fingerprint density at radius 2 is 1.81 bits per heavy atom. The van der Waals surface area contributed by atoms with Crippen molar-refractivity contribution >= 4 is 40.9 Å².